The molecule has 0 fully saturated rings. The third-order valence-corrected chi connectivity index (χ3v) is 19.9. The lowest BCUT2D eigenvalue weighted by Gasteiger charge is -2.41. The number of benzene rings is 8. The van der Waals surface area contributed by atoms with E-state index in [1.165, 1.54) is 147 Å². The Balaban J connectivity index is 1.14. The summed E-state index contributed by atoms with van der Waals surface area (Å²) < 4.78 is 8.03. The quantitative estimate of drug-likeness (QED) is 0.175. The molecule has 355 valence electrons. The molecule has 0 amide bonds. The maximum Gasteiger partial charge on any atom is 0.198 e. The molecule has 2 nitrogen and oxygen atoms in total. The van der Waals surface area contributed by atoms with Crippen LogP contribution in [0, 0.1) is 0 Å². The summed E-state index contributed by atoms with van der Waals surface area (Å²) in [5.74, 6) is 0. The zero-order valence-electron chi connectivity index (χ0n) is 43.9. The fourth-order valence-corrected chi connectivity index (χ4v) is 15.7. The first-order chi connectivity index (χ1) is 34.2. The maximum absolute atomic E-state index is 4.11. The molecule has 11 aromatic rings. The second-order valence-electron chi connectivity index (χ2n) is 25.5. The van der Waals surface area contributed by atoms with Gasteiger partial charge in [-0.1, -0.05) is 155 Å². The molecule has 5 heteroatoms. The van der Waals surface area contributed by atoms with Crippen LogP contribution >= 0.6 is 22.7 Å². The van der Waals surface area contributed by atoms with Crippen molar-refractivity contribution in [2.45, 2.75) is 123 Å². The van der Waals surface area contributed by atoms with Gasteiger partial charge >= 0.3 is 0 Å². The topological polar surface area (TPSA) is 17.0 Å². The molecule has 0 saturated heterocycles. The van der Waals surface area contributed by atoms with Gasteiger partial charge in [-0.05, 0) is 151 Å². The van der Waals surface area contributed by atoms with Crippen molar-refractivity contribution < 1.29 is 0 Å². The lowest BCUT2D eigenvalue weighted by atomic mass is 9.58. The van der Waals surface area contributed by atoms with Crippen LogP contribution in [-0.2, 0) is 27.1 Å². The minimum atomic E-state index is -0.129. The van der Waals surface area contributed by atoms with Gasteiger partial charge in [0.25, 0.3) is 0 Å². The number of nitrogens with one attached hydrogen (secondary N) is 1. The summed E-state index contributed by atoms with van der Waals surface area (Å²) in [4.78, 5) is 0. The molecule has 8 aromatic carbocycles. The van der Waals surface area contributed by atoms with Gasteiger partial charge in [-0.25, -0.2) is 0 Å². The standard InChI is InChI=1S/C67H62BN2S2/c1-63(2,3)36-21-24-38(25-22-36)69-51-35-56-42(43-31-48-49(34-55(43)71-56)66(9,10)28-27-65(48,7)8)30-44(51)59-60-61-57(58-40-18-14-16-20-54(40)72-62(58)59)45-29-37(64(4,5)6)23-26-52(45)70(61)53-33-47-41(32-50(53)68-60)39-17-13-15-19-46(39)67(47,11)12/h13-26,29-35,69H,27-28H2,1-12H3. The molecular formula is C67H62BN2S2. The van der Waals surface area contributed by atoms with Crippen LogP contribution in [0.4, 0.5) is 11.4 Å². The number of rotatable bonds is 3. The highest BCUT2D eigenvalue weighted by Crippen LogP contribution is 2.54. The number of anilines is 2. The van der Waals surface area contributed by atoms with E-state index in [0.29, 0.717) is 0 Å². The Morgan fingerprint density at radius 3 is 1.94 bits per heavy atom. The van der Waals surface area contributed by atoms with E-state index in [4.69, 9.17) is 0 Å². The Morgan fingerprint density at radius 1 is 0.528 bits per heavy atom. The van der Waals surface area contributed by atoms with Crippen molar-refractivity contribution in [3.8, 4) is 27.9 Å². The van der Waals surface area contributed by atoms with E-state index in [0.717, 1.165) is 11.4 Å². The molecule has 0 atom stereocenters. The fraction of sp³-hybridized carbons (Fsp3) is 0.284. The molecule has 72 heavy (non-hydrogen) atoms. The molecule has 3 aliphatic rings. The highest BCUT2D eigenvalue weighted by Gasteiger charge is 2.40. The van der Waals surface area contributed by atoms with Crippen molar-refractivity contribution in [2.24, 2.45) is 0 Å². The largest absolute Gasteiger partial charge is 0.355 e. The van der Waals surface area contributed by atoms with E-state index in [-0.39, 0.29) is 27.1 Å². The molecule has 4 heterocycles. The Kier molecular flexibility index (Phi) is 9.00. The van der Waals surface area contributed by atoms with Crippen molar-refractivity contribution >= 4 is 114 Å². The van der Waals surface area contributed by atoms with Crippen molar-refractivity contribution in [1.82, 2.24) is 4.57 Å². The predicted molar refractivity (Wildman–Crippen MR) is 317 cm³/mol. The highest BCUT2D eigenvalue weighted by molar-refractivity contribution is 7.27. The van der Waals surface area contributed by atoms with E-state index < -0.39 is 0 Å². The van der Waals surface area contributed by atoms with Gasteiger partial charge in [0, 0.05) is 84.7 Å². The van der Waals surface area contributed by atoms with Crippen LogP contribution in [0.3, 0.4) is 0 Å². The van der Waals surface area contributed by atoms with Gasteiger partial charge in [0.1, 0.15) is 0 Å². The molecule has 1 N–H and O–H groups in total. The number of hydrogen-bond acceptors (Lipinski definition) is 3. The fourth-order valence-electron chi connectivity index (χ4n) is 13.3. The lowest BCUT2D eigenvalue weighted by Crippen LogP contribution is -2.38. The minimum Gasteiger partial charge on any atom is -0.355 e. The van der Waals surface area contributed by atoms with Crippen LogP contribution in [-0.4, -0.2) is 11.8 Å². The van der Waals surface area contributed by atoms with E-state index in [1.54, 1.807) is 0 Å². The van der Waals surface area contributed by atoms with Crippen molar-refractivity contribution in [3.63, 3.8) is 0 Å². The van der Waals surface area contributed by atoms with Crippen LogP contribution in [0.5, 0.6) is 0 Å². The molecule has 14 rings (SSSR count). The number of nitrogens with zero attached hydrogens (tertiary/aromatic N) is 1. The van der Waals surface area contributed by atoms with Gasteiger partial charge in [0.15, 0.2) is 7.28 Å². The minimum absolute atomic E-state index is 0.0172. The average Bonchev–Trinajstić information content (AvgIpc) is 4.06. The zero-order valence-corrected chi connectivity index (χ0v) is 45.5. The van der Waals surface area contributed by atoms with Crippen molar-refractivity contribution in [1.29, 1.82) is 0 Å². The van der Waals surface area contributed by atoms with Crippen LogP contribution in [0.15, 0.2) is 127 Å². The molecule has 2 aliphatic carbocycles. The molecule has 0 saturated carbocycles. The summed E-state index contributed by atoms with van der Waals surface area (Å²) in [5, 5.41) is 12.2. The highest BCUT2D eigenvalue weighted by atomic mass is 32.1. The van der Waals surface area contributed by atoms with Gasteiger partial charge < -0.3 is 9.88 Å². The summed E-state index contributed by atoms with van der Waals surface area (Å²) in [5.41, 5.74) is 22.5. The molecular weight excluding hydrogens is 908 g/mol. The summed E-state index contributed by atoms with van der Waals surface area (Å²) in [6.45, 7) is 28.6. The average molecular weight is 970 g/mol. The number of aromatic nitrogens is 1. The van der Waals surface area contributed by atoms with Gasteiger partial charge in [0.05, 0.1) is 5.52 Å². The van der Waals surface area contributed by atoms with Crippen LogP contribution in [0.25, 0.3) is 90.1 Å². The van der Waals surface area contributed by atoms with Gasteiger partial charge in [0.2, 0.25) is 0 Å². The molecule has 0 spiro atoms. The third-order valence-electron chi connectivity index (χ3n) is 17.6. The zero-order chi connectivity index (χ0) is 49.8. The monoisotopic (exact) mass is 969 g/mol. The normalized spacial score (nSPS) is 16.4. The first-order valence-electron chi connectivity index (χ1n) is 26.2. The summed E-state index contributed by atoms with van der Waals surface area (Å²) >= 11 is 3.92. The third kappa shape index (κ3) is 6.19. The smallest absolute Gasteiger partial charge is 0.198 e. The van der Waals surface area contributed by atoms with Gasteiger partial charge in [-0.2, -0.15) is 0 Å². The summed E-state index contributed by atoms with van der Waals surface area (Å²) in [7, 11) is 2.58. The Bertz CT molecular complexity index is 4190. The summed E-state index contributed by atoms with van der Waals surface area (Å²) in [6, 6.07) is 50.1. The second-order valence-corrected chi connectivity index (χ2v) is 27.6. The van der Waals surface area contributed by atoms with Gasteiger partial charge in [-0.15, -0.1) is 22.7 Å². The van der Waals surface area contributed by atoms with Crippen LogP contribution in [0.1, 0.15) is 129 Å². The Hall–Kier alpha value is -6.14. The van der Waals surface area contributed by atoms with Gasteiger partial charge in [-0.3, -0.25) is 0 Å². The van der Waals surface area contributed by atoms with Crippen LogP contribution < -0.4 is 16.2 Å². The number of fused-ring (bicyclic) bond motifs is 16. The maximum atomic E-state index is 4.11. The predicted octanol–water partition coefficient (Wildman–Crippen LogP) is 18.1. The van der Waals surface area contributed by atoms with Crippen molar-refractivity contribution in [3.05, 3.63) is 161 Å². The van der Waals surface area contributed by atoms with E-state index in [1.807, 2.05) is 22.7 Å². The van der Waals surface area contributed by atoms with Crippen molar-refractivity contribution in [2.75, 3.05) is 5.32 Å². The van der Waals surface area contributed by atoms with E-state index >= 15 is 0 Å². The molecule has 1 radical (unpaired) electrons. The first kappa shape index (κ1) is 44.6. The SMILES string of the molecule is CC(C)(C)c1ccc(Nc2cc3sc4cc5c(cc4c3cc2-c2c3c4c(c6cc(C(C)(C)C)ccc6n4-c4cc6c(cc4[B]3)-c3ccccc3C6(C)C)c3c2sc2ccccc23)C(C)(C)CCC5(C)C)cc1. The van der Waals surface area contributed by atoms with Crippen LogP contribution in [0.2, 0.25) is 0 Å². The molecule has 0 unspecified atom stereocenters. The molecule has 1 aliphatic heterocycles. The number of thiophene rings is 2. The molecule has 3 aromatic heterocycles. The summed E-state index contributed by atoms with van der Waals surface area (Å²) in [6.07, 6.45) is 2.39. The Labute approximate surface area is 433 Å². The Morgan fingerprint density at radius 2 is 1.19 bits per heavy atom. The molecule has 0 bridgehead atoms. The first-order valence-corrected chi connectivity index (χ1v) is 27.8. The van der Waals surface area contributed by atoms with E-state index in [2.05, 4.69) is 228 Å². The second kappa shape index (κ2) is 14.5. The lowest BCUT2D eigenvalue weighted by molar-refractivity contribution is 0.332. The van der Waals surface area contributed by atoms with E-state index in [9.17, 15) is 0 Å². The number of hydrogen-bond donors (Lipinski definition) is 1.